The van der Waals surface area contributed by atoms with Crippen LogP contribution in [0.4, 0.5) is 5.69 Å². The average Bonchev–Trinajstić information content (AvgIpc) is 2.50. The Morgan fingerprint density at radius 1 is 0.762 bits per heavy atom. The molecule has 0 aliphatic rings. The van der Waals surface area contributed by atoms with E-state index in [4.69, 9.17) is 5.73 Å². The molecule has 0 aliphatic carbocycles. The maximum Gasteiger partial charge on any atom is 0.0314 e. The predicted molar refractivity (Wildman–Crippen MR) is 91.1 cm³/mol. The van der Waals surface area contributed by atoms with Crippen molar-refractivity contribution in [3.05, 3.63) is 65.2 Å². The van der Waals surface area contributed by atoms with Gasteiger partial charge in [-0.25, -0.2) is 0 Å². The second-order valence-electron chi connectivity index (χ2n) is 5.62. The van der Waals surface area contributed by atoms with Gasteiger partial charge in [0.25, 0.3) is 0 Å². The number of benzene rings is 2. The van der Waals surface area contributed by atoms with Crippen LogP contribution in [-0.2, 0) is 19.5 Å². The fraction of sp³-hybridized carbons (Fsp3) is 0.368. The maximum absolute atomic E-state index is 5.75. The molecule has 0 atom stereocenters. The second-order valence-corrected chi connectivity index (χ2v) is 5.62. The lowest BCUT2D eigenvalue weighted by Gasteiger charge is -2.22. The van der Waals surface area contributed by atoms with Crippen molar-refractivity contribution in [3.8, 4) is 0 Å². The summed E-state index contributed by atoms with van der Waals surface area (Å²) in [5.74, 6) is 0. The van der Waals surface area contributed by atoms with Gasteiger partial charge in [-0.05, 0) is 48.2 Å². The van der Waals surface area contributed by atoms with Gasteiger partial charge in [0.2, 0.25) is 0 Å². The SMILES string of the molecule is CCCN(Cc1ccc(N)cc1)Cc1ccc(CC)cc1. The molecule has 0 spiro atoms. The molecule has 21 heavy (non-hydrogen) atoms. The van der Waals surface area contributed by atoms with E-state index < -0.39 is 0 Å². The molecule has 0 saturated heterocycles. The first kappa shape index (κ1) is 15.6. The molecular formula is C19H26N2. The highest BCUT2D eigenvalue weighted by Gasteiger charge is 2.06. The van der Waals surface area contributed by atoms with Crippen molar-refractivity contribution in [3.63, 3.8) is 0 Å². The first-order valence-corrected chi connectivity index (χ1v) is 7.85. The summed E-state index contributed by atoms with van der Waals surface area (Å²) in [5.41, 5.74) is 10.7. The average molecular weight is 282 g/mol. The summed E-state index contributed by atoms with van der Waals surface area (Å²) >= 11 is 0. The summed E-state index contributed by atoms with van der Waals surface area (Å²) in [5, 5.41) is 0. The molecule has 112 valence electrons. The zero-order valence-corrected chi connectivity index (χ0v) is 13.2. The van der Waals surface area contributed by atoms with Crippen LogP contribution >= 0.6 is 0 Å². The van der Waals surface area contributed by atoms with Gasteiger partial charge < -0.3 is 5.73 Å². The van der Waals surface area contributed by atoms with Crippen molar-refractivity contribution in [1.29, 1.82) is 0 Å². The van der Waals surface area contributed by atoms with Crippen LogP contribution < -0.4 is 5.73 Å². The van der Waals surface area contributed by atoms with Crippen LogP contribution in [0.2, 0.25) is 0 Å². The molecule has 2 rings (SSSR count). The highest BCUT2D eigenvalue weighted by Crippen LogP contribution is 2.13. The van der Waals surface area contributed by atoms with Crippen molar-refractivity contribution in [2.45, 2.75) is 39.8 Å². The van der Waals surface area contributed by atoms with Gasteiger partial charge in [0.05, 0.1) is 0 Å². The lowest BCUT2D eigenvalue weighted by Crippen LogP contribution is -2.23. The number of anilines is 1. The molecule has 2 nitrogen and oxygen atoms in total. The molecule has 2 N–H and O–H groups in total. The van der Waals surface area contributed by atoms with Gasteiger partial charge in [-0.3, -0.25) is 4.90 Å². The van der Waals surface area contributed by atoms with Gasteiger partial charge >= 0.3 is 0 Å². The van der Waals surface area contributed by atoms with E-state index in [-0.39, 0.29) is 0 Å². The van der Waals surface area contributed by atoms with Crippen LogP contribution in [0.25, 0.3) is 0 Å². The fourth-order valence-corrected chi connectivity index (χ4v) is 2.55. The van der Waals surface area contributed by atoms with Crippen molar-refractivity contribution in [2.24, 2.45) is 0 Å². The number of hydrogen-bond acceptors (Lipinski definition) is 2. The number of nitrogens with two attached hydrogens (primary N) is 1. The third-order valence-corrected chi connectivity index (χ3v) is 3.76. The topological polar surface area (TPSA) is 29.3 Å². The van der Waals surface area contributed by atoms with Gasteiger partial charge in [0, 0.05) is 18.8 Å². The fourth-order valence-electron chi connectivity index (χ4n) is 2.55. The molecule has 0 unspecified atom stereocenters. The Morgan fingerprint density at radius 2 is 1.24 bits per heavy atom. The second kappa shape index (κ2) is 7.84. The van der Waals surface area contributed by atoms with Crippen LogP contribution in [0.3, 0.4) is 0 Å². The van der Waals surface area contributed by atoms with E-state index in [0.717, 1.165) is 31.7 Å². The molecule has 0 bridgehead atoms. The first-order valence-electron chi connectivity index (χ1n) is 7.85. The van der Waals surface area contributed by atoms with E-state index in [0.29, 0.717) is 0 Å². The van der Waals surface area contributed by atoms with Crippen molar-refractivity contribution in [1.82, 2.24) is 4.90 Å². The summed E-state index contributed by atoms with van der Waals surface area (Å²) in [6, 6.07) is 17.2. The quantitative estimate of drug-likeness (QED) is 0.769. The van der Waals surface area contributed by atoms with Gasteiger partial charge in [-0.1, -0.05) is 50.2 Å². The molecule has 2 heteroatoms. The standard InChI is InChI=1S/C19H26N2/c1-3-13-21(15-18-9-11-19(20)12-10-18)14-17-7-5-16(4-2)6-8-17/h5-12H,3-4,13-15,20H2,1-2H3. The predicted octanol–water partition coefficient (Wildman–Crippen LogP) is 4.24. The van der Waals surface area contributed by atoms with E-state index in [2.05, 4.69) is 55.1 Å². The van der Waals surface area contributed by atoms with Crippen molar-refractivity contribution >= 4 is 5.69 Å². The smallest absolute Gasteiger partial charge is 0.0314 e. The van der Waals surface area contributed by atoms with Gasteiger partial charge in [0.1, 0.15) is 0 Å². The number of nitrogen functional groups attached to an aromatic ring is 1. The van der Waals surface area contributed by atoms with Crippen LogP contribution in [0.5, 0.6) is 0 Å². The molecule has 0 fully saturated rings. The van der Waals surface area contributed by atoms with Crippen LogP contribution in [0.1, 0.15) is 37.0 Å². The molecule has 0 heterocycles. The minimum absolute atomic E-state index is 0.830. The summed E-state index contributed by atoms with van der Waals surface area (Å²) in [6.45, 7) is 7.52. The molecule has 0 aromatic heterocycles. The highest BCUT2D eigenvalue weighted by atomic mass is 15.1. The molecule has 2 aromatic carbocycles. The van der Waals surface area contributed by atoms with Crippen molar-refractivity contribution in [2.75, 3.05) is 12.3 Å². The molecule has 0 amide bonds. The van der Waals surface area contributed by atoms with E-state index in [1.165, 1.54) is 23.1 Å². The number of aryl methyl sites for hydroxylation is 1. The van der Waals surface area contributed by atoms with Gasteiger partial charge in [-0.15, -0.1) is 0 Å². The molecule has 0 aliphatic heterocycles. The van der Waals surface area contributed by atoms with Crippen molar-refractivity contribution < 1.29 is 0 Å². The summed E-state index contributed by atoms with van der Waals surface area (Å²) in [6.07, 6.45) is 2.27. The Hall–Kier alpha value is -1.80. The first-order chi connectivity index (χ1) is 10.2. The molecular weight excluding hydrogens is 256 g/mol. The number of hydrogen-bond donors (Lipinski definition) is 1. The number of rotatable bonds is 7. The highest BCUT2D eigenvalue weighted by molar-refractivity contribution is 5.39. The van der Waals surface area contributed by atoms with Crippen LogP contribution in [0, 0.1) is 0 Å². The zero-order valence-electron chi connectivity index (χ0n) is 13.2. The van der Waals surface area contributed by atoms with E-state index in [1.807, 2.05) is 12.1 Å². The van der Waals surface area contributed by atoms with Crippen LogP contribution in [0.15, 0.2) is 48.5 Å². The summed E-state index contributed by atoms with van der Waals surface area (Å²) in [4.78, 5) is 2.49. The van der Waals surface area contributed by atoms with Gasteiger partial charge in [0.15, 0.2) is 0 Å². The lowest BCUT2D eigenvalue weighted by molar-refractivity contribution is 0.257. The molecule has 2 aromatic rings. The Morgan fingerprint density at radius 3 is 1.71 bits per heavy atom. The molecule has 0 saturated carbocycles. The third kappa shape index (κ3) is 4.91. The minimum Gasteiger partial charge on any atom is -0.399 e. The minimum atomic E-state index is 0.830. The zero-order chi connectivity index (χ0) is 15.1. The number of nitrogens with zero attached hydrogens (tertiary/aromatic N) is 1. The third-order valence-electron chi connectivity index (χ3n) is 3.76. The van der Waals surface area contributed by atoms with Gasteiger partial charge in [-0.2, -0.15) is 0 Å². The Labute approximate surface area is 128 Å². The summed E-state index contributed by atoms with van der Waals surface area (Å²) in [7, 11) is 0. The monoisotopic (exact) mass is 282 g/mol. The Kier molecular flexibility index (Phi) is 5.82. The maximum atomic E-state index is 5.75. The summed E-state index contributed by atoms with van der Waals surface area (Å²) < 4.78 is 0. The van der Waals surface area contributed by atoms with E-state index >= 15 is 0 Å². The Bertz CT molecular complexity index is 528. The molecule has 0 radical (unpaired) electrons. The van der Waals surface area contributed by atoms with Crippen LogP contribution in [-0.4, -0.2) is 11.4 Å². The van der Waals surface area contributed by atoms with E-state index in [9.17, 15) is 0 Å². The van der Waals surface area contributed by atoms with E-state index in [1.54, 1.807) is 0 Å². The normalized spacial score (nSPS) is 11.0. The Balaban J connectivity index is 2.02. The largest absolute Gasteiger partial charge is 0.399 e. The lowest BCUT2D eigenvalue weighted by atomic mass is 10.1.